The molecule has 27 heavy (non-hydrogen) atoms. The van der Waals surface area contributed by atoms with E-state index in [0.29, 0.717) is 22.8 Å². The average molecular weight is 404 g/mol. The van der Waals surface area contributed by atoms with Crippen LogP contribution in [0, 0.1) is 0 Å². The van der Waals surface area contributed by atoms with Gasteiger partial charge in [-0.1, -0.05) is 37.1 Å². The van der Waals surface area contributed by atoms with Crippen molar-refractivity contribution in [2.75, 3.05) is 11.9 Å². The number of hydrogen-bond acceptors (Lipinski definition) is 3. The van der Waals surface area contributed by atoms with Crippen molar-refractivity contribution in [3.8, 4) is 0 Å². The van der Waals surface area contributed by atoms with Crippen LogP contribution in [0.15, 0.2) is 48.5 Å². The molecule has 0 aromatic heterocycles. The number of amides is 2. The summed E-state index contributed by atoms with van der Waals surface area (Å²) < 4.78 is 0. The van der Waals surface area contributed by atoms with Crippen LogP contribution in [0.25, 0.3) is 0 Å². The van der Waals surface area contributed by atoms with E-state index in [1.165, 1.54) is 0 Å². The Labute approximate surface area is 169 Å². The fourth-order valence-electron chi connectivity index (χ4n) is 2.31. The second-order valence-electron chi connectivity index (χ2n) is 5.99. The molecule has 2 aromatic rings. The van der Waals surface area contributed by atoms with Gasteiger partial charge in [-0.25, -0.2) is 0 Å². The monoisotopic (exact) mass is 403 g/mol. The molecule has 2 aromatic carbocycles. The zero-order valence-corrected chi connectivity index (χ0v) is 16.6. The second kappa shape index (κ2) is 10.6. The van der Waals surface area contributed by atoms with Crippen LogP contribution in [0.4, 0.5) is 5.69 Å². The van der Waals surface area contributed by atoms with Crippen LogP contribution in [-0.4, -0.2) is 23.5 Å². The first kappa shape index (κ1) is 20.9. The molecule has 0 aliphatic carbocycles. The van der Waals surface area contributed by atoms with E-state index < -0.39 is 0 Å². The van der Waals surface area contributed by atoms with E-state index in [4.69, 9.17) is 23.8 Å². The third kappa shape index (κ3) is 7.37. The summed E-state index contributed by atoms with van der Waals surface area (Å²) in [4.78, 5) is 24.0. The van der Waals surface area contributed by atoms with Gasteiger partial charge in [-0.3, -0.25) is 9.59 Å². The van der Waals surface area contributed by atoms with Crippen molar-refractivity contribution < 1.29 is 9.59 Å². The van der Waals surface area contributed by atoms with Gasteiger partial charge in [-0.2, -0.15) is 0 Å². The largest absolute Gasteiger partial charge is 0.352 e. The third-order valence-electron chi connectivity index (χ3n) is 3.75. The lowest BCUT2D eigenvalue weighted by molar-refractivity contribution is -0.119. The normalized spacial score (nSPS) is 10.1. The number of halogens is 1. The maximum atomic E-state index is 12.0. The van der Waals surface area contributed by atoms with Gasteiger partial charge >= 0.3 is 0 Å². The van der Waals surface area contributed by atoms with Gasteiger partial charge in [0, 0.05) is 22.8 Å². The first-order chi connectivity index (χ1) is 13.0. The minimum Gasteiger partial charge on any atom is -0.352 e. The molecule has 0 fully saturated rings. The van der Waals surface area contributed by atoms with Crippen molar-refractivity contribution in [2.45, 2.75) is 26.2 Å². The Morgan fingerprint density at radius 2 is 1.70 bits per heavy atom. The van der Waals surface area contributed by atoms with Gasteiger partial charge in [-0.15, -0.1) is 0 Å². The lowest BCUT2D eigenvalue weighted by atomic mass is 10.1. The molecule has 2 amide bonds. The first-order valence-corrected chi connectivity index (χ1v) is 9.50. The Morgan fingerprint density at radius 1 is 1.04 bits per heavy atom. The summed E-state index contributed by atoms with van der Waals surface area (Å²) in [5.74, 6) is -0.324. The Hall–Kier alpha value is -2.44. The molecule has 0 spiro atoms. The van der Waals surface area contributed by atoms with Crippen LogP contribution in [0.1, 0.15) is 35.7 Å². The molecule has 0 unspecified atom stereocenters. The van der Waals surface area contributed by atoms with E-state index in [1.54, 1.807) is 48.5 Å². The average Bonchev–Trinajstić information content (AvgIpc) is 2.64. The van der Waals surface area contributed by atoms with Crippen molar-refractivity contribution >= 4 is 46.4 Å². The summed E-state index contributed by atoms with van der Waals surface area (Å²) in [7, 11) is 0. The standard InChI is InChI=1S/C20H22ClN3O2S/c1-2-3-12-22-19(26)15-6-10-17(11-7-15)23-20(27)24-18(25)13-14-4-8-16(21)9-5-14/h4-11H,2-3,12-13H2,1H3,(H,22,26)(H2,23,24,25,27). The first-order valence-electron chi connectivity index (χ1n) is 8.71. The van der Waals surface area contributed by atoms with Gasteiger partial charge in [0.25, 0.3) is 5.91 Å². The molecule has 0 aliphatic heterocycles. The zero-order valence-electron chi connectivity index (χ0n) is 15.0. The van der Waals surface area contributed by atoms with Crippen LogP contribution >= 0.6 is 23.8 Å². The van der Waals surface area contributed by atoms with Crippen LogP contribution in [-0.2, 0) is 11.2 Å². The summed E-state index contributed by atoms with van der Waals surface area (Å²) in [6.07, 6.45) is 2.19. The van der Waals surface area contributed by atoms with Gasteiger partial charge < -0.3 is 16.0 Å². The van der Waals surface area contributed by atoms with E-state index in [2.05, 4.69) is 22.9 Å². The number of thiocarbonyl (C=S) groups is 1. The van der Waals surface area contributed by atoms with Gasteiger partial charge in [0.2, 0.25) is 5.91 Å². The number of carbonyl (C=O) groups excluding carboxylic acids is 2. The number of nitrogens with one attached hydrogen (secondary N) is 3. The SMILES string of the molecule is CCCCNC(=O)c1ccc(NC(=S)NC(=O)Cc2ccc(Cl)cc2)cc1. The van der Waals surface area contributed by atoms with Crippen molar-refractivity contribution in [1.29, 1.82) is 0 Å². The maximum Gasteiger partial charge on any atom is 0.251 e. The Morgan fingerprint density at radius 3 is 2.33 bits per heavy atom. The van der Waals surface area contributed by atoms with Gasteiger partial charge in [-0.05, 0) is 60.6 Å². The molecule has 7 heteroatoms. The lowest BCUT2D eigenvalue weighted by Gasteiger charge is -2.10. The summed E-state index contributed by atoms with van der Waals surface area (Å²) in [6.45, 7) is 2.74. The highest BCUT2D eigenvalue weighted by Gasteiger charge is 2.08. The Bertz CT molecular complexity index is 792. The fourth-order valence-corrected chi connectivity index (χ4v) is 2.66. The van der Waals surface area contributed by atoms with E-state index in [0.717, 1.165) is 18.4 Å². The highest BCUT2D eigenvalue weighted by molar-refractivity contribution is 7.80. The highest BCUT2D eigenvalue weighted by Crippen LogP contribution is 2.11. The highest BCUT2D eigenvalue weighted by atomic mass is 35.5. The van der Waals surface area contributed by atoms with Crippen molar-refractivity contribution in [3.05, 3.63) is 64.7 Å². The van der Waals surface area contributed by atoms with Crippen molar-refractivity contribution in [2.24, 2.45) is 0 Å². The van der Waals surface area contributed by atoms with Crippen LogP contribution in [0.5, 0.6) is 0 Å². The predicted octanol–water partition coefficient (Wildman–Crippen LogP) is 3.93. The van der Waals surface area contributed by atoms with E-state index in [9.17, 15) is 9.59 Å². The summed E-state index contributed by atoms with van der Waals surface area (Å²) in [5, 5.41) is 9.25. The smallest absolute Gasteiger partial charge is 0.251 e. The Balaban J connectivity index is 1.81. The van der Waals surface area contributed by atoms with Gasteiger partial charge in [0.05, 0.1) is 6.42 Å². The minimum absolute atomic E-state index is 0.103. The number of carbonyl (C=O) groups is 2. The quantitative estimate of drug-likeness (QED) is 0.484. The topological polar surface area (TPSA) is 70.2 Å². The summed E-state index contributed by atoms with van der Waals surface area (Å²) >= 11 is 11.0. The number of hydrogen-bond donors (Lipinski definition) is 3. The number of unbranched alkanes of at least 4 members (excludes halogenated alkanes) is 1. The van der Waals surface area contributed by atoms with Crippen LogP contribution < -0.4 is 16.0 Å². The number of anilines is 1. The molecular weight excluding hydrogens is 382 g/mol. The van der Waals surface area contributed by atoms with Crippen LogP contribution in [0.2, 0.25) is 5.02 Å². The van der Waals surface area contributed by atoms with Gasteiger partial charge in [0.15, 0.2) is 5.11 Å². The minimum atomic E-state index is -0.221. The molecule has 3 N–H and O–H groups in total. The van der Waals surface area contributed by atoms with E-state index in [-0.39, 0.29) is 23.3 Å². The lowest BCUT2D eigenvalue weighted by Crippen LogP contribution is -2.35. The van der Waals surface area contributed by atoms with Crippen molar-refractivity contribution in [1.82, 2.24) is 10.6 Å². The second-order valence-corrected chi connectivity index (χ2v) is 6.84. The maximum absolute atomic E-state index is 12.0. The van der Waals surface area contributed by atoms with E-state index >= 15 is 0 Å². The molecule has 0 saturated carbocycles. The zero-order chi connectivity index (χ0) is 19.6. The van der Waals surface area contributed by atoms with E-state index in [1.807, 2.05) is 0 Å². The molecule has 0 atom stereocenters. The molecule has 0 aliphatic rings. The number of benzene rings is 2. The number of rotatable bonds is 7. The Kier molecular flexibility index (Phi) is 8.23. The van der Waals surface area contributed by atoms with Crippen molar-refractivity contribution in [3.63, 3.8) is 0 Å². The molecule has 0 heterocycles. The summed E-state index contributed by atoms with van der Waals surface area (Å²) in [5.41, 5.74) is 2.12. The fraction of sp³-hybridized carbons (Fsp3) is 0.250. The molecule has 2 rings (SSSR count). The predicted molar refractivity (Wildman–Crippen MR) is 113 cm³/mol. The van der Waals surface area contributed by atoms with Gasteiger partial charge in [0.1, 0.15) is 0 Å². The molecule has 5 nitrogen and oxygen atoms in total. The molecule has 0 radical (unpaired) electrons. The third-order valence-corrected chi connectivity index (χ3v) is 4.21. The molecule has 0 bridgehead atoms. The summed E-state index contributed by atoms with van der Waals surface area (Å²) in [6, 6.07) is 14.0. The van der Waals surface area contributed by atoms with Crippen LogP contribution in [0.3, 0.4) is 0 Å². The molecule has 0 saturated heterocycles. The molecular formula is C20H22ClN3O2S. The molecule has 142 valence electrons.